The van der Waals surface area contributed by atoms with Gasteiger partial charge in [-0.15, -0.1) is 0 Å². The molecule has 0 fully saturated rings. The van der Waals surface area contributed by atoms with Crippen molar-refractivity contribution in [2.24, 2.45) is 0 Å². The van der Waals surface area contributed by atoms with Crippen LogP contribution in [0.5, 0.6) is 17.2 Å². The molecule has 0 N–H and O–H groups in total. The van der Waals surface area contributed by atoms with Crippen LogP contribution < -0.4 is 14.2 Å². The van der Waals surface area contributed by atoms with Crippen LogP contribution in [0.3, 0.4) is 0 Å². The Hall–Kier alpha value is -3.53. The molecule has 1 heterocycles. The number of ether oxygens (including phenoxy) is 3. The number of ketones is 1. The zero-order chi connectivity index (χ0) is 19.2. The van der Waals surface area contributed by atoms with E-state index < -0.39 is 0 Å². The Labute approximate surface area is 164 Å². The van der Waals surface area contributed by atoms with Gasteiger partial charge in [0.15, 0.2) is 17.3 Å². The SMILES string of the molecule is O=C(C=Cc1ccc2c(c1)OCCO2)c1ccccc1OCc1ccccc1. The highest BCUT2D eigenvalue weighted by atomic mass is 16.6. The molecule has 0 unspecified atom stereocenters. The fraction of sp³-hybridized carbons (Fsp3) is 0.125. The Morgan fingerprint density at radius 1 is 0.893 bits per heavy atom. The summed E-state index contributed by atoms with van der Waals surface area (Å²) >= 11 is 0. The summed E-state index contributed by atoms with van der Waals surface area (Å²) in [5.74, 6) is 1.89. The third-order valence-electron chi connectivity index (χ3n) is 4.38. The van der Waals surface area contributed by atoms with Gasteiger partial charge < -0.3 is 14.2 Å². The molecule has 0 radical (unpaired) electrons. The van der Waals surface area contributed by atoms with Gasteiger partial charge in [-0.1, -0.05) is 54.6 Å². The zero-order valence-corrected chi connectivity index (χ0v) is 15.3. The topological polar surface area (TPSA) is 44.8 Å². The second kappa shape index (κ2) is 8.44. The lowest BCUT2D eigenvalue weighted by atomic mass is 10.1. The van der Waals surface area contributed by atoms with E-state index in [4.69, 9.17) is 14.2 Å². The Morgan fingerprint density at radius 2 is 1.64 bits per heavy atom. The number of carbonyl (C=O) groups excluding carboxylic acids is 1. The van der Waals surface area contributed by atoms with Crippen molar-refractivity contribution in [1.82, 2.24) is 0 Å². The van der Waals surface area contributed by atoms with Gasteiger partial charge in [-0.2, -0.15) is 0 Å². The van der Waals surface area contributed by atoms with E-state index in [9.17, 15) is 4.79 Å². The number of benzene rings is 3. The summed E-state index contributed by atoms with van der Waals surface area (Å²) in [5, 5.41) is 0. The predicted octanol–water partition coefficient (Wildman–Crippen LogP) is 4.93. The Kier molecular flexibility index (Phi) is 5.38. The van der Waals surface area contributed by atoms with Crippen LogP contribution in [0.15, 0.2) is 78.9 Å². The second-order valence-electron chi connectivity index (χ2n) is 6.37. The van der Waals surface area contributed by atoms with Crippen molar-refractivity contribution in [2.45, 2.75) is 6.61 Å². The lowest BCUT2D eigenvalue weighted by Crippen LogP contribution is -2.15. The highest BCUT2D eigenvalue weighted by Crippen LogP contribution is 2.31. The summed E-state index contributed by atoms with van der Waals surface area (Å²) in [6, 6.07) is 22.8. The summed E-state index contributed by atoms with van der Waals surface area (Å²) in [6.45, 7) is 1.50. The molecular formula is C24H20O4. The maximum absolute atomic E-state index is 12.7. The van der Waals surface area contributed by atoms with E-state index >= 15 is 0 Å². The number of hydrogen-bond donors (Lipinski definition) is 0. The summed E-state index contributed by atoms with van der Waals surface area (Å²) < 4.78 is 17.0. The smallest absolute Gasteiger partial charge is 0.189 e. The number of para-hydroxylation sites is 1. The first-order chi connectivity index (χ1) is 13.8. The van der Waals surface area contributed by atoms with E-state index in [1.54, 1.807) is 18.2 Å². The summed E-state index contributed by atoms with van der Waals surface area (Å²) in [4.78, 5) is 12.7. The minimum absolute atomic E-state index is 0.112. The summed E-state index contributed by atoms with van der Waals surface area (Å²) in [6.07, 6.45) is 3.32. The van der Waals surface area contributed by atoms with Gasteiger partial charge in [0.05, 0.1) is 5.56 Å². The monoisotopic (exact) mass is 372 g/mol. The van der Waals surface area contributed by atoms with Gasteiger partial charge >= 0.3 is 0 Å². The average molecular weight is 372 g/mol. The molecule has 1 aliphatic rings. The van der Waals surface area contributed by atoms with E-state index in [-0.39, 0.29) is 5.78 Å². The molecule has 0 atom stereocenters. The molecule has 0 bridgehead atoms. The van der Waals surface area contributed by atoms with Crippen molar-refractivity contribution in [3.05, 3.63) is 95.6 Å². The number of allylic oxidation sites excluding steroid dienone is 1. The zero-order valence-electron chi connectivity index (χ0n) is 15.3. The number of rotatable bonds is 6. The Balaban J connectivity index is 1.48. The van der Waals surface area contributed by atoms with E-state index in [1.807, 2.05) is 66.7 Å². The van der Waals surface area contributed by atoms with Crippen LogP contribution in [0.1, 0.15) is 21.5 Å². The Bertz CT molecular complexity index is 992. The molecule has 0 spiro atoms. The van der Waals surface area contributed by atoms with E-state index in [0.717, 1.165) is 16.9 Å². The first-order valence-electron chi connectivity index (χ1n) is 9.17. The quantitative estimate of drug-likeness (QED) is 0.454. The highest BCUT2D eigenvalue weighted by Gasteiger charge is 2.12. The summed E-state index contributed by atoms with van der Waals surface area (Å²) in [7, 11) is 0. The van der Waals surface area contributed by atoms with Crippen LogP contribution in [0.25, 0.3) is 6.08 Å². The van der Waals surface area contributed by atoms with Crippen molar-refractivity contribution in [2.75, 3.05) is 13.2 Å². The maximum Gasteiger partial charge on any atom is 0.189 e. The second-order valence-corrected chi connectivity index (χ2v) is 6.37. The molecule has 0 aromatic heterocycles. The minimum Gasteiger partial charge on any atom is -0.488 e. The maximum atomic E-state index is 12.7. The molecule has 3 aromatic carbocycles. The van der Waals surface area contributed by atoms with Crippen LogP contribution >= 0.6 is 0 Å². The number of fused-ring (bicyclic) bond motifs is 1. The van der Waals surface area contributed by atoms with Crippen LogP contribution in [0, 0.1) is 0 Å². The van der Waals surface area contributed by atoms with Crippen molar-refractivity contribution >= 4 is 11.9 Å². The molecular weight excluding hydrogens is 352 g/mol. The minimum atomic E-state index is -0.112. The van der Waals surface area contributed by atoms with Crippen molar-refractivity contribution in [3.63, 3.8) is 0 Å². The standard InChI is InChI=1S/C24H20O4/c25-21(12-10-18-11-13-23-24(16-18)27-15-14-26-23)20-8-4-5-9-22(20)28-17-19-6-2-1-3-7-19/h1-13,16H,14-15,17H2. The first kappa shape index (κ1) is 17.9. The molecule has 4 nitrogen and oxygen atoms in total. The number of hydrogen-bond acceptors (Lipinski definition) is 4. The third kappa shape index (κ3) is 4.23. The molecule has 4 heteroatoms. The summed E-state index contributed by atoms with van der Waals surface area (Å²) in [5.41, 5.74) is 2.46. The highest BCUT2D eigenvalue weighted by molar-refractivity contribution is 6.08. The lowest BCUT2D eigenvalue weighted by Gasteiger charge is -2.18. The molecule has 28 heavy (non-hydrogen) atoms. The van der Waals surface area contributed by atoms with Crippen LogP contribution in [-0.2, 0) is 6.61 Å². The van der Waals surface area contributed by atoms with Gasteiger partial charge in [-0.3, -0.25) is 4.79 Å². The van der Waals surface area contributed by atoms with Gasteiger partial charge in [-0.05, 0) is 41.5 Å². The van der Waals surface area contributed by atoms with E-state index in [1.165, 1.54) is 0 Å². The molecule has 140 valence electrons. The van der Waals surface area contributed by atoms with E-state index in [2.05, 4.69) is 0 Å². The van der Waals surface area contributed by atoms with Crippen LogP contribution in [0.2, 0.25) is 0 Å². The van der Waals surface area contributed by atoms with Crippen LogP contribution in [-0.4, -0.2) is 19.0 Å². The Morgan fingerprint density at radius 3 is 2.50 bits per heavy atom. The molecule has 0 saturated heterocycles. The normalized spacial score (nSPS) is 12.7. The van der Waals surface area contributed by atoms with Crippen LogP contribution in [0.4, 0.5) is 0 Å². The molecule has 3 aromatic rings. The molecule has 0 saturated carbocycles. The third-order valence-corrected chi connectivity index (χ3v) is 4.38. The van der Waals surface area contributed by atoms with Crippen molar-refractivity contribution in [3.8, 4) is 17.2 Å². The van der Waals surface area contributed by atoms with E-state index in [0.29, 0.717) is 36.9 Å². The average Bonchev–Trinajstić information content (AvgIpc) is 2.77. The van der Waals surface area contributed by atoms with Gasteiger partial charge in [-0.25, -0.2) is 0 Å². The molecule has 1 aliphatic heterocycles. The van der Waals surface area contributed by atoms with Gasteiger partial charge in [0.2, 0.25) is 0 Å². The molecule has 4 rings (SSSR count). The molecule has 0 aliphatic carbocycles. The largest absolute Gasteiger partial charge is 0.488 e. The van der Waals surface area contributed by atoms with Crippen molar-refractivity contribution in [1.29, 1.82) is 0 Å². The predicted molar refractivity (Wildman–Crippen MR) is 108 cm³/mol. The first-order valence-corrected chi connectivity index (χ1v) is 9.17. The fourth-order valence-electron chi connectivity index (χ4n) is 2.96. The van der Waals surface area contributed by atoms with Crippen molar-refractivity contribution < 1.29 is 19.0 Å². The lowest BCUT2D eigenvalue weighted by molar-refractivity contribution is 0.104. The molecule has 0 amide bonds. The van der Waals surface area contributed by atoms with Gasteiger partial charge in [0.25, 0.3) is 0 Å². The van der Waals surface area contributed by atoms with Gasteiger partial charge in [0, 0.05) is 0 Å². The fourth-order valence-corrected chi connectivity index (χ4v) is 2.96. The number of carbonyl (C=O) groups is 1. The van der Waals surface area contributed by atoms with Gasteiger partial charge in [0.1, 0.15) is 25.6 Å².